The lowest BCUT2D eigenvalue weighted by Crippen LogP contribution is -2.62. The first-order chi connectivity index (χ1) is 8.79. The lowest BCUT2D eigenvalue weighted by atomic mass is 10.0. The molecule has 18 heavy (non-hydrogen) atoms. The lowest BCUT2D eigenvalue weighted by molar-refractivity contribution is 0.0923. The Bertz CT molecular complexity index is 472. The van der Waals surface area contributed by atoms with Gasteiger partial charge in [-0.3, -0.25) is 4.79 Å². The highest BCUT2D eigenvalue weighted by Gasteiger charge is 2.32. The number of nitrogens with zero attached hydrogens (tertiary/aromatic N) is 1. The normalized spacial score (nSPS) is 22.2. The summed E-state index contributed by atoms with van der Waals surface area (Å²) < 4.78 is 0. The number of aryl methyl sites for hydroxylation is 1. The number of carbonyl (C=O) groups is 1. The summed E-state index contributed by atoms with van der Waals surface area (Å²) in [6.45, 7) is 4.93. The van der Waals surface area contributed by atoms with Gasteiger partial charge in [-0.25, -0.2) is 0 Å². The van der Waals surface area contributed by atoms with Gasteiger partial charge in [0.15, 0.2) is 0 Å². The second-order valence-electron chi connectivity index (χ2n) is 4.99. The first-order valence-electron chi connectivity index (χ1n) is 6.70. The van der Waals surface area contributed by atoms with Gasteiger partial charge in [0.1, 0.15) is 6.17 Å². The fourth-order valence-corrected chi connectivity index (χ4v) is 2.80. The van der Waals surface area contributed by atoms with Crippen LogP contribution in [0.25, 0.3) is 0 Å². The summed E-state index contributed by atoms with van der Waals surface area (Å²) in [5.41, 5.74) is 3.24. The second-order valence-corrected chi connectivity index (χ2v) is 4.99. The van der Waals surface area contributed by atoms with E-state index in [9.17, 15) is 4.79 Å². The van der Waals surface area contributed by atoms with E-state index in [2.05, 4.69) is 34.6 Å². The third-order valence-electron chi connectivity index (χ3n) is 3.70. The van der Waals surface area contributed by atoms with E-state index in [1.54, 1.807) is 0 Å². The Kier molecular flexibility index (Phi) is 2.96. The van der Waals surface area contributed by atoms with Gasteiger partial charge in [0.2, 0.25) is 0 Å². The molecule has 1 aromatic rings. The van der Waals surface area contributed by atoms with Crippen molar-refractivity contribution in [3.63, 3.8) is 0 Å². The number of hydrogen-bond donors (Lipinski definition) is 2. The first kappa shape index (κ1) is 11.5. The van der Waals surface area contributed by atoms with E-state index < -0.39 is 0 Å². The minimum Gasteiger partial charge on any atom is -0.348 e. The maximum absolute atomic E-state index is 12.0. The van der Waals surface area contributed by atoms with Crippen LogP contribution in [0.2, 0.25) is 0 Å². The van der Waals surface area contributed by atoms with Crippen molar-refractivity contribution in [2.75, 3.05) is 24.5 Å². The summed E-state index contributed by atoms with van der Waals surface area (Å²) in [7, 11) is 0. The van der Waals surface area contributed by atoms with Gasteiger partial charge in [-0.15, -0.1) is 0 Å². The molecular weight excluding hydrogens is 226 g/mol. The van der Waals surface area contributed by atoms with Crippen LogP contribution in [0.3, 0.4) is 0 Å². The van der Waals surface area contributed by atoms with E-state index in [4.69, 9.17) is 0 Å². The molecule has 0 aromatic heterocycles. The largest absolute Gasteiger partial charge is 0.348 e. The second kappa shape index (κ2) is 4.61. The van der Waals surface area contributed by atoms with Gasteiger partial charge in [0.25, 0.3) is 5.91 Å². The topological polar surface area (TPSA) is 44.4 Å². The highest BCUT2D eigenvalue weighted by Crippen LogP contribution is 2.28. The standard InChI is InChI=1S/C14H19N3O/c1-2-3-10-4-5-11-12(8-10)17-7-6-15-9-13(17)16-14(11)18/h4-5,8,13,15H,2-3,6-7,9H2,1H3,(H,16,18)/t13-/m1/s1. The van der Waals surface area contributed by atoms with Crippen LogP contribution in [-0.2, 0) is 6.42 Å². The Morgan fingerprint density at radius 1 is 1.44 bits per heavy atom. The van der Waals surface area contributed by atoms with Crippen molar-refractivity contribution < 1.29 is 4.79 Å². The number of rotatable bonds is 2. The van der Waals surface area contributed by atoms with Gasteiger partial charge in [-0.05, 0) is 24.1 Å². The van der Waals surface area contributed by atoms with Crippen LogP contribution in [0, 0.1) is 0 Å². The molecule has 2 aliphatic rings. The summed E-state index contributed by atoms with van der Waals surface area (Å²) in [6, 6.07) is 6.23. The van der Waals surface area contributed by atoms with Crippen molar-refractivity contribution in [3.05, 3.63) is 29.3 Å². The third-order valence-corrected chi connectivity index (χ3v) is 3.70. The minimum absolute atomic E-state index is 0.0537. The van der Waals surface area contributed by atoms with Gasteiger partial charge in [0.05, 0.1) is 11.3 Å². The van der Waals surface area contributed by atoms with Crippen molar-refractivity contribution in [2.24, 2.45) is 0 Å². The molecule has 1 saturated heterocycles. The fourth-order valence-electron chi connectivity index (χ4n) is 2.80. The summed E-state index contributed by atoms with van der Waals surface area (Å²) in [4.78, 5) is 14.4. The van der Waals surface area contributed by atoms with Gasteiger partial charge in [0, 0.05) is 19.6 Å². The molecule has 4 nitrogen and oxygen atoms in total. The molecule has 4 heteroatoms. The fraction of sp³-hybridized carbons (Fsp3) is 0.500. The van der Waals surface area contributed by atoms with Crippen LogP contribution in [0.15, 0.2) is 18.2 Å². The smallest absolute Gasteiger partial charge is 0.255 e. The van der Waals surface area contributed by atoms with Gasteiger partial charge in [-0.2, -0.15) is 0 Å². The molecule has 2 heterocycles. The molecule has 1 aromatic carbocycles. The quantitative estimate of drug-likeness (QED) is 0.820. The molecule has 0 spiro atoms. The summed E-state index contributed by atoms with van der Waals surface area (Å²) >= 11 is 0. The van der Waals surface area contributed by atoms with Crippen LogP contribution in [-0.4, -0.2) is 31.7 Å². The van der Waals surface area contributed by atoms with Crippen LogP contribution in [0.4, 0.5) is 5.69 Å². The first-order valence-corrected chi connectivity index (χ1v) is 6.70. The maximum Gasteiger partial charge on any atom is 0.255 e. The maximum atomic E-state index is 12.0. The van der Waals surface area contributed by atoms with Crippen molar-refractivity contribution in [3.8, 4) is 0 Å². The van der Waals surface area contributed by atoms with E-state index in [-0.39, 0.29) is 12.1 Å². The molecule has 3 rings (SSSR count). The van der Waals surface area contributed by atoms with Crippen LogP contribution < -0.4 is 15.5 Å². The van der Waals surface area contributed by atoms with Crippen molar-refractivity contribution in [1.29, 1.82) is 0 Å². The molecule has 96 valence electrons. The molecule has 0 aliphatic carbocycles. The molecule has 0 bridgehead atoms. The molecule has 2 aliphatic heterocycles. The molecule has 1 atom stereocenters. The Morgan fingerprint density at radius 2 is 2.33 bits per heavy atom. The van der Waals surface area contributed by atoms with Crippen molar-refractivity contribution in [2.45, 2.75) is 25.9 Å². The van der Waals surface area contributed by atoms with E-state index in [0.717, 1.165) is 43.7 Å². The number of piperazine rings is 1. The average Bonchev–Trinajstić information content (AvgIpc) is 2.39. The van der Waals surface area contributed by atoms with Gasteiger partial charge in [-0.1, -0.05) is 19.4 Å². The zero-order chi connectivity index (χ0) is 12.5. The SMILES string of the molecule is CCCc1ccc2c(c1)N1CCNC[C@@H]1NC2=O. The number of nitrogens with one attached hydrogen (secondary N) is 2. The van der Waals surface area contributed by atoms with E-state index in [1.165, 1.54) is 5.56 Å². The van der Waals surface area contributed by atoms with Crippen LogP contribution in [0.1, 0.15) is 29.3 Å². The molecule has 1 amide bonds. The summed E-state index contributed by atoms with van der Waals surface area (Å²) in [5, 5.41) is 6.37. The van der Waals surface area contributed by atoms with Gasteiger partial charge >= 0.3 is 0 Å². The molecular formula is C14H19N3O. The minimum atomic E-state index is 0.0537. The Balaban J connectivity index is 2.00. The monoisotopic (exact) mass is 245 g/mol. The Hall–Kier alpha value is -1.55. The predicted octanol–water partition coefficient (Wildman–Crippen LogP) is 1.12. The Labute approximate surface area is 107 Å². The van der Waals surface area contributed by atoms with Crippen LogP contribution in [0.5, 0.6) is 0 Å². The third kappa shape index (κ3) is 1.86. The predicted molar refractivity (Wildman–Crippen MR) is 71.9 cm³/mol. The van der Waals surface area contributed by atoms with Crippen LogP contribution >= 0.6 is 0 Å². The number of anilines is 1. The van der Waals surface area contributed by atoms with Crippen molar-refractivity contribution >= 4 is 11.6 Å². The molecule has 0 saturated carbocycles. The summed E-state index contributed by atoms with van der Waals surface area (Å²) in [5.74, 6) is 0.0537. The number of benzene rings is 1. The number of hydrogen-bond acceptors (Lipinski definition) is 3. The zero-order valence-electron chi connectivity index (χ0n) is 10.7. The number of amides is 1. The lowest BCUT2D eigenvalue weighted by Gasteiger charge is -2.42. The highest BCUT2D eigenvalue weighted by molar-refractivity contribution is 6.02. The molecule has 0 radical (unpaired) electrons. The zero-order valence-corrected chi connectivity index (χ0v) is 10.7. The highest BCUT2D eigenvalue weighted by atomic mass is 16.2. The molecule has 1 fully saturated rings. The van der Waals surface area contributed by atoms with Crippen molar-refractivity contribution in [1.82, 2.24) is 10.6 Å². The summed E-state index contributed by atoms with van der Waals surface area (Å²) in [6.07, 6.45) is 2.32. The molecule has 0 unspecified atom stereocenters. The number of fused-ring (bicyclic) bond motifs is 3. The van der Waals surface area contributed by atoms with E-state index in [0.29, 0.717) is 0 Å². The Morgan fingerprint density at radius 3 is 3.17 bits per heavy atom. The average molecular weight is 245 g/mol. The van der Waals surface area contributed by atoms with E-state index >= 15 is 0 Å². The molecule has 2 N–H and O–H groups in total. The van der Waals surface area contributed by atoms with Gasteiger partial charge < -0.3 is 15.5 Å². The number of carbonyl (C=O) groups excluding carboxylic acids is 1. The van der Waals surface area contributed by atoms with E-state index in [1.807, 2.05) is 6.07 Å².